The molecule has 0 bridgehead atoms. The Morgan fingerprint density at radius 3 is 2.94 bits per heavy atom. The lowest BCUT2D eigenvalue weighted by Gasteiger charge is -2.04. The van der Waals surface area contributed by atoms with E-state index in [2.05, 4.69) is 25.8 Å². The van der Waals surface area contributed by atoms with E-state index < -0.39 is 0 Å². The topological polar surface area (TPSA) is 71.4 Å². The molecule has 0 saturated heterocycles. The molecule has 2 rings (SSSR count). The molecule has 2 aromatic heterocycles. The molecule has 2 aromatic rings. The van der Waals surface area contributed by atoms with E-state index in [9.17, 15) is 0 Å². The van der Waals surface area contributed by atoms with Gasteiger partial charge in [0.15, 0.2) is 0 Å². The second kappa shape index (κ2) is 4.89. The summed E-state index contributed by atoms with van der Waals surface area (Å²) in [7, 11) is 0. The van der Waals surface area contributed by atoms with Crippen molar-refractivity contribution in [3.05, 3.63) is 29.3 Å². The van der Waals surface area contributed by atoms with Crippen LogP contribution in [-0.4, -0.2) is 31.7 Å². The normalized spacial score (nSPS) is 10.9. The summed E-state index contributed by atoms with van der Waals surface area (Å²) < 4.78 is 1.81. The molecule has 0 fully saturated rings. The highest BCUT2D eigenvalue weighted by molar-refractivity contribution is 5.22. The molecule has 2 N–H and O–H groups in total. The summed E-state index contributed by atoms with van der Waals surface area (Å²) in [4.78, 5) is 0. The predicted molar refractivity (Wildman–Crippen MR) is 59.8 cm³/mol. The largest absolute Gasteiger partial charge is 0.311 e. The Morgan fingerprint density at radius 2 is 2.31 bits per heavy atom. The summed E-state index contributed by atoms with van der Waals surface area (Å²) in [5.74, 6) is 0. The first-order chi connectivity index (χ1) is 7.77. The molecule has 0 aliphatic rings. The number of nitrogens with one attached hydrogen (secondary N) is 2. The molecule has 0 aliphatic heterocycles. The Balaban J connectivity index is 1.76. The molecule has 0 amide bonds. The van der Waals surface area contributed by atoms with Crippen LogP contribution in [0.15, 0.2) is 12.4 Å². The monoisotopic (exact) mass is 220 g/mol. The molecule has 2 heterocycles. The molecule has 0 unspecified atom stereocenters. The van der Waals surface area contributed by atoms with Gasteiger partial charge in [0.25, 0.3) is 0 Å². The van der Waals surface area contributed by atoms with E-state index in [1.54, 1.807) is 6.20 Å². The third-order valence-corrected chi connectivity index (χ3v) is 2.57. The second-order valence-electron chi connectivity index (χ2n) is 3.76. The Bertz CT molecular complexity index is 411. The fourth-order valence-corrected chi connectivity index (χ4v) is 1.59. The summed E-state index contributed by atoms with van der Waals surface area (Å²) in [6.45, 7) is 6.58. The number of aryl methyl sites for hydroxylation is 2. The SMILES string of the molecule is Cc1n[nH]c(C)c1CNCCn1ccnn1. The van der Waals surface area contributed by atoms with Crippen LogP contribution >= 0.6 is 0 Å². The third kappa shape index (κ3) is 2.46. The first kappa shape index (κ1) is 10.8. The van der Waals surface area contributed by atoms with Gasteiger partial charge in [-0.3, -0.25) is 9.78 Å². The van der Waals surface area contributed by atoms with Gasteiger partial charge >= 0.3 is 0 Å². The van der Waals surface area contributed by atoms with Crippen LogP contribution < -0.4 is 5.32 Å². The minimum absolute atomic E-state index is 0.829. The van der Waals surface area contributed by atoms with Crippen LogP contribution in [0.5, 0.6) is 0 Å². The van der Waals surface area contributed by atoms with Crippen LogP contribution in [-0.2, 0) is 13.1 Å². The van der Waals surface area contributed by atoms with Gasteiger partial charge in [0.05, 0.1) is 18.4 Å². The van der Waals surface area contributed by atoms with Gasteiger partial charge < -0.3 is 5.32 Å². The average molecular weight is 220 g/mol. The van der Waals surface area contributed by atoms with E-state index in [0.717, 1.165) is 31.0 Å². The van der Waals surface area contributed by atoms with E-state index in [1.807, 2.05) is 24.7 Å². The predicted octanol–water partition coefficient (Wildman–Crippen LogP) is 0.408. The fourth-order valence-electron chi connectivity index (χ4n) is 1.59. The third-order valence-electron chi connectivity index (χ3n) is 2.57. The molecule has 0 aliphatic carbocycles. The maximum atomic E-state index is 4.15. The molecule has 0 atom stereocenters. The van der Waals surface area contributed by atoms with Gasteiger partial charge in [0.1, 0.15) is 0 Å². The van der Waals surface area contributed by atoms with E-state index in [0.29, 0.717) is 0 Å². The maximum absolute atomic E-state index is 4.15. The lowest BCUT2D eigenvalue weighted by atomic mass is 10.2. The Labute approximate surface area is 94.1 Å². The Morgan fingerprint density at radius 1 is 1.44 bits per heavy atom. The van der Waals surface area contributed by atoms with E-state index in [1.165, 1.54) is 5.56 Å². The van der Waals surface area contributed by atoms with Gasteiger partial charge in [-0.25, -0.2) is 0 Å². The maximum Gasteiger partial charge on any atom is 0.0692 e. The number of rotatable bonds is 5. The van der Waals surface area contributed by atoms with E-state index in [-0.39, 0.29) is 0 Å². The summed E-state index contributed by atoms with van der Waals surface area (Å²) in [6, 6.07) is 0. The number of hydrogen-bond acceptors (Lipinski definition) is 4. The summed E-state index contributed by atoms with van der Waals surface area (Å²) in [5, 5.41) is 18.1. The fraction of sp³-hybridized carbons (Fsp3) is 0.500. The average Bonchev–Trinajstić information content (AvgIpc) is 2.87. The van der Waals surface area contributed by atoms with Crippen LogP contribution in [0.25, 0.3) is 0 Å². The number of H-pyrrole nitrogens is 1. The van der Waals surface area contributed by atoms with Crippen LogP contribution in [0.3, 0.4) is 0 Å². The molecule has 16 heavy (non-hydrogen) atoms. The Kier molecular flexibility index (Phi) is 3.31. The van der Waals surface area contributed by atoms with Gasteiger partial charge in [-0.05, 0) is 13.8 Å². The zero-order valence-electron chi connectivity index (χ0n) is 9.56. The minimum Gasteiger partial charge on any atom is -0.311 e. The Hall–Kier alpha value is -1.69. The summed E-state index contributed by atoms with van der Waals surface area (Å²) >= 11 is 0. The number of nitrogens with zero attached hydrogens (tertiary/aromatic N) is 4. The highest BCUT2D eigenvalue weighted by Gasteiger charge is 2.04. The summed E-state index contributed by atoms with van der Waals surface area (Å²) in [5.41, 5.74) is 3.44. The lowest BCUT2D eigenvalue weighted by Crippen LogP contribution is -2.20. The number of aromatic nitrogens is 5. The molecule has 0 aromatic carbocycles. The van der Waals surface area contributed by atoms with Gasteiger partial charge in [-0.2, -0.15) is 5.10 Å². The quantitative estimate of drug-likeness (QED) is 0.716. The van der Waals surface area contributed by atoms with Crippen molar-refractivity contribution in [2.75, 3.05) is 6.54 Å². The van der Waals surface area contributed by atoms with Crippen molar-refractivity contribution in [3.8, 4) is 0 Å². The zero-order valence-corrected chi connectivity index (χ0v) is 9.56. The summed E-state index contributed by atoms with van der Waals surface area (Å²) in [6.07, 6.45) is 3.54. The zero-order chi connectivity index (χ0) is 11.4. The standard InChI is InChI=1S/C10H16N6/c1-8-10(9(2)14-13-8)7-11-3-5-16-6-4-12-15-16/h4,6,11H,3,5,7H2,1-2H3,(H,13,14). The molecule has 6 nitrogen and oxygen atoms in total. The van der Waals surface area contributed by atoms with Gasteiger partial charge in [0.2, 0.25) is 0 Å². The van der Waals surface area contributed by atoms with Crippen molar-refractivity contribution in [2.24, 2.45) is 0 Å². The molecule has 86 valence electrons. The lowest BCUT2D eigenvalue weighted by molar-refractivity contribution is 0.539. The van der Waals surface area contributed by atoms with Crippen LogP contribution in [0.4, 0.5) is 0 Å². The molecule has 0 spiro atoms. The smallest absolute Gasteiger partial charge is 0.0692 e. The van der Waals surface area contributed by atoms with E-state index >= 15 is 0 Å². The second-order valence-corrected chi connectivity index (χ2v) is 3.76. The van der Waals surface area contributed by atoms with Crippen molar-refractivity contribution in [1.82, 2.24) is 30.5 Å². The highest BCUT2D eigenvalue weighted by atomic mass is 15.4. The van der Waals surface area contributed by atoms with E-state index in [4.69, 9.17) is 0 Å². The minimum atomic E-state index is 0.829. The van der Waals surface area contributed by atoms with Crippen LogP contribution in [0.2, 0.25) is 0 Å². The number of aromatic amines is 1. The number of hydrogen-bond donors (Lipinski definition) is 2. The van der Waals surface area contributed by atoms with Gasteiger partial charge in [0, 0.05) is 30.5 Å². The van der Waals surface area contributed by atoms with Gasteiger partial charge in [-0.1, -0.05) is 5.21 Å². The van der Waals surface area contributed by atoms with Crippen molar-refractivity contribution in [3.63, 3.8) is 0 Å². The van der Waals surface area contributed by atoms with Crippen LogP contribution in [0, 0.1) is 13.8 Å². The van der Waals surface area contributed by atoms with Gasteiger partial charge in [-0.15, -0.1) is 5.10 Å². The molecular weight excluding hydrogens is 204 g/mol. The molecule has 6 heteroatoms. The molecule has 0 saturated carbocycles. The first-order valence-electron chi connectivity index (χ1n) is 5.32. The molecular formula is C10H16N6. The van der Waals surface area contributed by atoms with Crippen molar-refractivity contribution in [1.29, 1.82) is 0 Å². The highest BCUT2D eigenvalue weighted by Crippen LogP contribution is 2.07. The van der Waals surface area contributed by atoms with Crippen molar-refractivity contribution >= 4 is 0 Å². The first-order valence-corrected chi connectivity index (χ1v) is 5.32. The molecule has 0 radical (unpaired) electrons. The van der Waals surface area contributed by atoms with Crippen molar-refractivity contribution in [2.45, 2.75) is 26.9 Å². The van der Waals surface area contributed by atoms with Crippen molar-refractivity contribution < 1.29 is 0 Å². The van der Waals surface area contributed by atoms with Crippen LogP contribution in [0.1, 0.15) is 17.0 Å².